The molecule has 18 heavy (non-hydrogen) atoms. The van der Waals surface area contributed by atoms with Crippen molar-refractivity contribution in [2.45, 2.75) is 44.7 Å². The minimum absolute atomic E-state index is 0.00766. The highest BCUT2D eigenvalue weighted by atomic mass is 16.5. The summed E-state index contributed by atoms with van der Waals surface area (Å²) in [6.45, 7) is 4.81. The largest absolute Gasteiger partial charge is 0.383 e. The summed E-state index contributed by atoms with van der Waals surface area (Å²) >= 11 is 0. The quantitative estimate of drug-likeness (QED) is 0.796. The maximum absolute atomic E-state index is 12.7. The Morgan fingerprint density at radius 1 is 1.50 bits per heavy atom. The number of hydrogen-bond donors (Lipinski definition) is 1. The molecule has 0 aromatic heterocycles. The fraction of sp³-hybridized carbons (Fsp3) is 0.846. The van der Waals surface area contributed by atoms with E-state index in [1.54, 1.807) is 12.0 Å². The van der Waals surface area contributed by atoms with Gasteiger partial charge in [-0.25, -0.2) is 0 Å². The van der Waals surface area contributed by atoms with E-state index in [0.717, 1.165) is 12.8 Å². The van der Waals surface area contributed by atoms with Crippen molar-refractivity contribution in [3.05, 3.63) is 0 Å². The van der Waals surface area contributed by atoms with Gasteiger partial charge in [-0.1, -0.05) is 0 Å². The number of carbonyl (C=O) groups excluding carboxylic acids is 2. The molecule has 0 bridgehead atoms. The third kappa shape index (κ3) is 2.36. The number of hydrogen-bond acceptors (Lipinski definition) is 3. The molecular formula is C13H22N2O3. The third-order valence-corrected chi connectivity index (χ3v) is 4.02. The van der Waals surface area contributed by atoms with Crippen molar-refractivity contribution in [2.75, 3.05) is 20.3 Å². The number of nitrogens with zero attached hydrogens (tertiary/aromatic N) is 1. The first kappa shape index (κ1) is 13.3. The summed E-state index contributed by atoms with van der Waals surface area (Å²) in [6, 6.07) is 0.00766. The Morgan fingerprint density at radius 2 is 2.17 bits per heavy atom. The van der Waals surface area contributed by atoms with Gasteiger partial charge < -0.3 is 15.0 Å². The molecule has 1 aliphatic heterocycles. The van der Waals surface area contributed by atoms with E-state index in [4.69, 9.17) is 4.74 Å². The standard InChI is InChI=1S/C13H22N2O3/c1-9(8-18-3)15-7-6-11(16)14-13(2,12(15)17)10-4-5-10/h9-10H,4-8H2,1-3H3,(H,14,16). The molecule has 0 aromatic rings. The van der Waals surface area contributed by atoms with Crippen molar-refractivity contribution in [1.29, 1.82) is 0 Å². The lowest BCUT2D eigenvalue weighted by atomic mass is 9.93. The summed E-state index contributed by atoms with van der Waals surface area (Å²) in [5.74, 6) is 0.314. The minimum Gasteiger partial charge on any atom is -0.383 e. The van der Waals surface area contributed by atoms with Crippen LogP contribution < -0.4 is 5.32 Å². The van der Waals surface area contributed by atoms with Gasteiger partial charge in [0.2, 0.25) is 11.8 Å². The van der Waals surface area contributed by atoms with Crippen LogP contribution in [0.4, 0.5) is 0 Å². The molecule has 2 fully saturated rings. The van der Waals surface area contributed by atoms with E-state index in [1.807, 2.05) is 13.8 Å². The average Bonchev–Trinajstić information content (AvgIpc) is 3.12. The molecule has 2 amide bonds. The molecule has 1 heterocycles. The van der Waals surface area contributed by atoms with Crippen LogP contribution in [-0.4, -0.2) is 48.6 Å². The maximum atomic E-state index is 12.7. The lowest BCUT2D eigenvalue weighted by Gasteiger charge is -2.35. The Morgan fingerprint density at radius 3 is 2.72 bits per heavy atom. The molecule has 5 heteroatoms. The second-order valence-electron chi connectivity index (χ2n) is 5.58. The van der Waals surface area contributed by atoms with Crippen LogP contribution in [-0.2, 0) is 14.3 Å². The zero-order valence-electron chi connectivity index (χ0n) is 11.4. The molecule has 1 N–H and O–H groups in total. The first-order chi connectivity index (χ1) is 8.49. The second kappa shape index (κ2) is 4.88. The highest BCUT2D eigenvalue weighted by molar-refractivity contribution is 5.94. The Labute approximate surface area is 108 Å². The lowest BCUT2D eigenvalue weighted by molar-refractivity contribution is -0.141. The zero-order valence-corrected chi connectivity index (χ0v) is 11.4. The topological polar surface area (TPSA) is 58.6 Å². The number of rotatable bonds is 4. The van der Waals surface area contributed by atoms with E-state index in [0.29, 0.717) is 25.5 Å². The van der Waals surface area contributed by atoms with E-state index < -0.39 is 5.54 Å². The van der Waals surface area contributed by atoms with Crippen molar-refractivity contribution >= 4 is 11.8 Å². The Hall–Kier alpha value is -1.10. The normalized spacial score (nSPS) is 30.9. The summed E-state index contributed by atoms with van der Waals surface area (Å²) in [5.41, 5.74) is -0.713. The molecule has 1 saturated carbocycles. The van der Waals surface area contributed by atoms with E-state index in [2.05, 4.69) is 5.32 Å². The highest BCUT2D eigenvalue weighted by Crippen LogP contribution is 2.41. The van der Waals surface area contributed by atoms with Gasteiger partial charge in [0.15, 0.2) is 0 Å². The number of carbonyl (C=O) groups is 2. The van der Waals surface area contributed by atoms with E-state index in [-0.39, 0.29) is 17.9 Å². The number of nitrogens with one attached hydrogen (secondary N) is 1. The lowest BCUT2D eigenvalue weighted by Crippen LogP contribution is -2.58. The fourth-order valence-electron chi connectivity index (χ4n) is 2.72. The van der Waals surface area contributed by atoms with E-state index in [9.17, 15) is 9.59 Å². The van der Waals surface area contributed by atoms with Crippen molar-refractivity contribution in [2.24, 2.45) is 5.92 Å². The van der Waals surface area contributed by atoms with Gasteiger partial charge in [0.1, 0.15) is 5.54 Å². The van der Waals surface area contributed by atoms with Gasteiger partial charge in [0, 0.05) is 20.1 Å². The number of methoxy groups -OCH3 is 1. The predicted octanol–water partition coefficient (Wildman–Crippen LogP) is 0.539. The summed E-state index contributed by atoms with van der Waals surface area (Å²) < 4.78 is 5.12. The van der Waals surface area contributed by atoms with Gasteiger partial charge in [0.05, 0.1) is 12.6 Å². The first-order valence-electron chi connectivity index (χ1n) is 6.60. The van der Waals surface area contributed by atoms with Gasteiger partial charge in [-0.05, 0) is 32.6 Å². The molecule has 2 atom stereocenters. The van der Waals surface area contributed by atoms with Crippen molar-refractivity contribution in [3.63, 3.8) is 0 Å². The van der Waals surface area contributed by atoms with Crippen LogP contribution in [0.1, 0.15) is 33.1 Å². The average molecular weight is 254 g/mol. The maximum Gasteiger partial charge on any atom is 0.248 e. The second-order valence-corrected chi connectivity index (χ2v) is 5.58. The van der Waals surface area contributed by atoms with Crippen LogP contribution in [0.3, 0.4) is 0 Å². The highest BCUT2D eigenvalue weighted by Gasteiger charge is 2.51. The van der Waals surface area contributed by atoms with Gasteiger partial charge in [0.25, 0.3) is 0 Å². The van der Waals surface area contributed by atoms with E-state index in [1.165, 1.54) is 0 Å². The van der Waals surface area contributed by atoms with Crippen molar-refractivity contribution in [1.82, 2.24) is 10.2 Å². The van der Waals surface area contributed by atoms with Gasteiger partial charge >= 0.3 is 0 Å². The zero-order chi connectivity index (χ0) is 13.3. The molecule has 1 saturated heterocycles. The molecule has 102 valence electrons. The smallest absolute Gasteiger partial charge is 0.248 e. The summed E-state index contributed by atoms with van der Waals surface area (Å²) in [5, 5.41) is 2.92. The van der Waals surface area contributed by atoms with Crippen LogP contribution in [0, 0.1) is 5.92 Å². The molecule has 2 unspecified atom stereocenters. The molecule has 1 aliphatic carbocycles. The first-order valence-corrected chi connectivity index (χ1v) is 6.60. The molecule has 5 nitrogen and oxygen atoms in total. The minimum atomic E-state index is -0.713. The molecule has 2 rings (SSSR count). The van der Waals surface area contributed by atoms with Crippen molar-refractivity contribution < 1.29 is 14.3 Å². The Bertz CT molecular complexity index is 354. The fourth-order valence-corrected chi connectivity index (χ4v) is 2.72. The monoisotopic (exact) mass is 254 g/mol. The van der Waals surface area contributed by atoms with Crippen molar-refractivity contribution in [3.8, 4) is 0 Å². The van der Waals surface area contributed by atoms with Crippen LogP contribution >= 0.6 is 0 Å². The molecular weight excluding hydrogens is 232 g/mol. The van der Waals surface area contributed by atoms with Crippen LogP contribution in [0.5, 0.6) is 0 Å². The van der Waals surface area contributed by atoms with Crippen LogP contribution in [0.15, 0.2) is 0 Å². The van der Waals surface area contributed by atoms with Crippen LogP contribution in [0.2, 0.25) is 0 Å². The number of amides is 2. The Kier molecular flexibility index (Phi) is 3.61. The molecule has 0 spiro atoms. The number of ether oxygens (including phenoxy) is 1. The third-order valence-electron chi connectivity index (χ3n) is 4.02. The summed E-state index contributed by atoms with van der Waals surface area (Å²) in [4.78, 5) is 26.2. The molecule has 0 radical (unpaired) electrons. The molecule has 0 aromatic carbocycles. The SMILES string of the molecule is COCC(C)N1CCC(=O)NC(C)(C2CC2)C1=O. The van der Waals surface area contributed by atoms with Gasteiger partial charge in [-0.2, -0.15) is 0 Å². The predicted molar refractivity (Wildman–Crippen MR) is 66.9 cm³/mol. The van der Waals surface area contributed by atoms with E-state index >= 15 is 0 Å². The summed E-state index contributed by atoms with van der Waals surface area (Å²) in [7, 11) is 1.63. The Balaban J connectivity index is 2.20. The van der Waals surface area contributed by atoms with Gasteiger partial charge in [-0.3, -0.25) is 9.59 Å². The summed E-state index contributed by atoms with van der Waals surface area (Å²) in [6.07, 6.45) is 2.42. The van der Waals surface area contributed by atoms with Crippen LogP contribution in [0.25, 0.3) is 0 Å². The molecule has 2 aliphatic rings. The van der Waals surface area contributed by atoms with Gasteiger partial charge in [-0.15, -0.1) is 0 Å².